The number of aromatic amines is 1. The summed E-state index contributed by atoms with van der Waals surface area (Å²) in [6, 6.07) is 8.99. The van der Waals surface area contributed by atoms with Gasteiger partial charge < -0.3 is 19.7 Å². The average molecular weight is 548 g/mol. The normalized spacial score (nSPS) is 26.1. The lowest BCUT2D eigenvalue weighted by Gasteiger charge is -2.24. The Kier molecular flexibility index (Phi) is 10.2. The summed E-state index contributed by atoms with van der Waals surface area (Å²) in [4.78, 5) is 35.7. The van der Waals surface area contributed by atoms with Gasteiger partial charge in [0, 0.05) is 16.8 Å². The van der Waals surface area contributed by atoms with Crippen LogP contribution in [0.4, 0.5) is 8.78 Å². The van der Waals surface area contributed by atoms with Gasteiger partial charge in [-0.05, 0) is 39.8 Å². The number of aliphatic hydroxyl groups excluding tert-OH is 2. The van der Waals surface area contributed by atoms with E-state index in [2.05, 4.69) is 9.82 Å². The van der Waals surface area contributed by atoms with E-state index >= 15 is 0 Å². The number of aromatic nitrogens is 2. The third-order valence-corrected chi connectivity index (χ3v) is 5.96. The number of rotatable bonds is 8. The van der Waals surface area contributed by atoms with Crippen LogP contribution in [0.2, 0.25) is 0 Å². The van der Waals surface area contributed by atoms with Crippen molar-refractivity contribution in [1.29, 1.82) is 0 Å². The molecule has 6 atom stereocenters. The lowest BCUT2D eigenvalue weighted by Crippen LogP contribution is -2.47. The highest BCUT2D eigenvalue weighted by molar-refractivity contribution is 7.37. The molecule has 2 heterocycles. The highest BCUT2D eigenvalue weighted by Gasteiger charge is 2.64. The summed E-state index contributed by atoms with van der Waals surface area (Å²) in [5.41, 5.74) is -4.40. The van der Waals surface area contributed by atoms with Crippen LogP contribution in [0.1, 0.15) is 33.9 Å². The molecule has 0 bridgehead atoms. The van der Waals surface area contributed by atoms with Gasteiger partial charge in [-0.25, -0.2) is 18.1 Å². The highest BCUT2D eigenvalue weighted by atomic mass is 31.1. The van der Waals surface area contributed by atoms with E-state index in [0.717, 1.165) is 19.2 Å². The molecule has 0 saturated carbocycles. The number of nitrogens with zero attached hydrogens (tertiary/aromatic N) is 1. The monoisotopic (exact) mass is 548 g/mol. The van der Waals surface area contributed by atoms with Crippen LogP contribution in [0.25, 0.3) is 0 Å². The first-order valence-electron chi connectivity index (χ1n) is 11.0. The van der Waals surface area contributed by atoms with Gasteiger partial charge in [-0.2, -0.15) is 0 Å². The molecule has 4 N–H and O–H groups in total. The van der Waals surface area contributed by atoms with Crippen molar-refractivity contribution in [2.24, 2.45) is 0 Å². The minimum atomic E-state index is -3.02. The minimum Gasteiger partial charge on any atom is -0.462 e. The topological polar surface area (TPSA) is 169 Å². The van der Waals surface area contributed by atoms with E-state index < -0.39 is 61.9 Å². The largest absolute Gasteiger partial charge is 0.664 e. The Morgan fingerprint density at radius 1 is 1.24 bits per heavy atom. The van der Waals surface area contributed by atoms with E-state index in [1.165, 1.54) is 0 Å². The Bertz CT molecular complexity index is 1190. The van der Waals surface area contributed by atoms with Crippen molar-refractivity contribution >= 4 is 14.1 Å². The zero-order valence-electron chi connectivity index (χ0n) is 20.5. The molecule has 0 radical (unpaired) electrons. The number of H-pyrrole nitrogens is 1. The number of halogens is 2. The van der Waals surface area contributed by atoms with Gasteiger partial charge >= 0.3 is 19.8 Å². The summed E-state index contributed by atoms with van der Waals surface area (Å²) in [6.45, 7) is 4.64. The Morgan fingerprint density at radius 2 is 1.86 bits per heavy atom. The number of carbonyl (C=O) groups is 1. The fourth-order valence-corrected chi connectivity index (χ4v) is 3.92. The van der Waals surface area contributed by atoms with Gasteiger partial charge in [0.15, 0.2) is 23.8 Å². The molecule has 204 valence electrons. The number of nitrogens with one attached hydrogen (secondary N) is 2. The van der Waals surface area contributed by atoms with Crippen molar-refractivity contribution in [3.63, 3.8) is 0 Å². The van der Waals surface area contributed by atoms with Crippen molar-refractivity contribution in [3.8, 4) is 5.75 Å². The van der Waals surface area contributed by atoms with Gasteiger partial charge in [-0.1, -0.05) is 23.3 Å². The molecule has 15 heteroatoms. The number of aliphatic hydroxyl groups is 2. The third kappa shape index (κ3) is 7.73. The van der Waals surface area contributed by atoms with E-state index in [0.29, 0.717) is 10.3 Å². The molecule has 0 aliphatic carbocycles. The second kappa shape index (κ2) is 12.5. The summed E-state index contributed by atoms with van der Waals surface area (Å²) in [5.74, 6) is -3.00. The number of carbonyl (C=O) groups excluding carboxylic acids is 1. The number of hydrogen-bond acceptors (Lipinski definition) is 9. The lowest BCUT2D eigenvalue weighted by molar-refractivity contribution is -0.207. The van der Waals surface area contributed by atoms with Gasteiger partial charge in [0.1, 0.15) is 12.6 Å². The van der Waals surface area contributed by atoms with Crippen LogP contribution in [0.3, 0.4) is 0 Å². The van der Waals surface area contributed by atoms with Gasteiger partial charge in [0.05, 0.1) is 6.10 Å². The van der Waals surface area contributed by atoms with Crippen LogP contribution in [0.15, 0.2) is 52.2 Å². The van der Waals surface area contributed by atoms with E-state index in [1.54, 1.807) is 45.0 Å². The van der Waals surface area contributed by atoms with Crippen molar-refractivity contribution in [2.75, 3.05) is 6.61 Å². The number of alkyl halides is 2. The average Bonchev–Trinajstić information content (AvgIpc) is 3.00. The van der Waals surface area contributed by atoms with Crippen molar-refractivity contribution in [1.82, 2.24) is 14.6 Å². The Balaban J connectivity index is 0.000000261. The molecule has 1 aliphatic heterocycles. The molecule has 3 rings (SSSR count). The van der Waals surface area contributed by atoms with Crippen molar-refractivity contribution in [3.05, 3.63) is 63.4 Å². The lowest BCUT2D eigenvalue weighted by atomic mass is 9.97. The maximum absolute atomic E-state index is 14.3. The van der Waals surface area contributed by atoms with E-state index in [9.17, 15) is 32.8 Å². The molecule has 1 fully saturated rings. The molecule has 37 heavy (non-hydrogen) atoms. The number of para-hydroxylation sites is 1. The molecule has 1 unspecified atom stereocenters. The summed E-state index contributed by atoms with van der Waals surface area (Å²) in [7, 11) is -2.15. The Morgan fingerprint density at radius 3 is 2.38 bits per heavy atom. The van der Waals surface area contributed by atoms with E-state index in [4.69, 9.17) is 14.4 Å². The molecule has 0 amide bonds. The fraction of sp³-hybridized carbons (Fsp3) is 0.500. The molecule has 1 aromatic carbocycles. The van der Waals surface area contributed by atoms with Crippen LogP contribution in [-0.2, 0) is 18.8 Å². The van der Waals surface area contributed by atoms with Crippen LogP contribution in [0, 0.1) is 0 Å². The van der Waals surface area contributed by atoms with Crippen molar-refractivity contribution < 1.29 is 42.4 Å². The van der Waals surface area contributed by atoms with E-state index in [-0.39, 0.29) is 6.10 Å². The zero-order chi connectivity index (χ0) is 28.0. The Labute approximate surface area is 211 Å². The van der Waals surface area contributed by atoms with Crippen LogP contribution < -0.4 is 20.9 Å². The number of ether oxygens (including phenoxy) is 2. The first kappa shape index (κ1) is 30.2. The fourth-order valence-electron chi connectivity index (χ4n) is 3.13. The quantitative estimate of drug-likeness (QED) is 0.280. The number of hydrogen-bond donors (Lipinski definition) is 4. The molecule has 12 nitrogen and oxygen atoms in total. The summed E-state index contributed by atoms with van der Waals surface area (Å²) in [5, 5.41) is 20.9. The molecule has 1 saturated heterocycles. The van der Waals surface area contributed by atoms with Gasteiger partial charge in [0.25, 0.3) is 11.4 Å². The summed E-state index contributed by atoms with van der Waals surface area (Å²) >= 11 is 0. The van der Waals surface area contributed by atoms with Crippen molar-refractivity contribution in [2.45, 2.75) is 63.7 Å². The SMILES string of the molecule is CC(C)OC(=O)[C@H](C)N[P+](=O)Oc1ccccc1.C[C@]1(F)[C@H](n2ccc(=O)[nH]c2=O)O[C@](F)(CO)[C@H]1O. The number of esters is 1. The first-order valence-corrected chi connectivity index (χ1v) is 12.2. The second-order valence-electron chi connectivity index (χ2n) is 8.48. The minimum absolute atomic E-state index is 0.199. The molecule has 0 spiro atoms. The first-order chi connectivity index (χ1) is 17.2. The maximum Gasteiger partial charge on any atom is 0.664 e. The number of benzene rings is 1. The summed E-state index contributed by atoms with van der Waals surface area (Å²) < 4.78 is 55.2. The molecular weight excluding hydrogens is 519 g/mol. The molecular formula is C22H29F2N3O9P+. The zero-order valence-corrected chi connectivity index (χ0v) is 21.4. The highest BCUT2D eigenvalue weighted by Crippen LogP contribution is 2.46. The second-order valence-corrected chi connectivity index (χ2v) is 9.44. The molecule has 2 aromatic rings. The molecule has 1 aliphatic rings. The van der Waals surface area contributed by atoms with Gasteiger partial charge in [-0.3, -0.25) is 19.1 Å². The smallest absolute Gasteiger partial charge is 0.462 e. The predicted octanol–water partition coefficient (Wildman–Crippen LogP) is 1.47. The maximum atomic E-state index is 14.3. The van der Waals surface area contributed by atoms with Gasteiger partial charge in [0.2, 0.25) is 0 Å². The predicted molar refractivity (Wildman–Crippen MR) is 126 cm³/mol. The standard InChI is InChI=1S/C12H17NO4P.C10H12F2N2O5/c1-9(2)16-12(14)10(3)13-18(15)17-11-7-5-4-6-8-11;1-9(11)6(17)10(12,4-15)19-7(9)14-3-2-5(16)13-8(14)18/h4-10H,1-3H3,(H,13,15);2-3,6-7,15,17H,4H2,1H3,(H,13,16,18)/q+1;/t10-;6-,7+,9+,10+/m00/s1. The van der Waals surface area contributed by atoms with Crippen LogP contribution >= 0.6 is 8.18 Å². The van der Waals surface area contributed by atoms with E-state index in [1.807, 2.05) is 11.1 Å². The summed E-state index contributed by atoms with van der Waals surface area (Å²) in [6.07, 6.45) is -3.38. The van der Waals surface area contributed by atoms with Crippen LogP contribution in [0.5, 0.6) is 5.75 Å². The molecule has 1 aromatic heterocycles. The third-order valence-electron chi connectivity index (χ3n) is 4.99. The Hall–Kier alpha value is -3.03. The van der Waals surface area contributed by atoms with Gasteiger partial charge in [-0.15, -0.1) is 0 Å². The van der Waals surface area contributed by atoms with Crippen LogP contribution in [-0.4, -0.2) is 62.1 Å².